The van der Waals surface area contributed by atoms with Crippen LogP contribution in [0.25, 0.3) is 0 Å². The monoisotopic (exact) mass is 294 g/mol. The first-order chi connectivity index (χ1) is 8.93. The van der Waals surface area contributed by atoms with Gasteiger partial charge < -0.3 is 10.1 Å². The normalized spacial score (nSPS) is 13.9. The summed E-state index contributed by atoms with van der Waals surface area (Å²) < 4.78 is 32.0. The molecule has 0 aromatic rings. The van der Waals surface area contributed by atoms with Gasteiger partial charge in [-0.2, -0.15) is 0 Å². The van der Waals surface area contributed by atoms with Crippen LogP contribution in [0.4, 0.5) is 0 Å². The minimum Gasteiger partial charge on any atom is -0.380 e. The Bertz CT molecular complexity index is 305. The molecule has 2 N–H and O–H groups in total. The SMILES string of the molecule is CCCNCCCS(=O)(=O)NC(COCC)C(C)C. The maximum Gasteiger partial charge on any atom is 0.211 e. The van der Waals surface area contributed by atoms with Crippen LogP contribution >= 0.6 is 0 Å². The molecular weight excluding hydrogens is 264 g/mol. The van der Waals surface area contributed by atoms with Crippen LogP contribution in [0.3, 0.4) is 0 Å². The Kier molecular flexibility index (Phi) is 10.5. The van der Waals surface area contributed by atoms with Crippen LogP contribution in [-0.4, -0.2) is 46.5 Å². The van der Waals surface area contributed by atoms with Gasteiger partial charge in [0.1, 0.15) is 0 Å². The lowest BCUT2D eigenvalue weighted by atomic mass is 10.1. The van der Waals surface area contributed by atoms with Crippen molar-refractivity contribution in [3.8, 4) is 0 Å². The fourth-order valence-electron chi connectivity index (χ4n) is 1.59. The highest BCUT2D eigenvalue weighted by Gasteiger charge is 2.20. The molecule has 0 radical (unpaired) electrons. The van der Waals surface area contributed by atoms with Crippen LogP contribution in [0, 0.1) is 5.92 Å². The van der Waals surface area contributed by atoms with E-state index in [0.29, 0.717) is 19.6 Å². The molecule has 0 aromatic heterocycles. The largest absolute Gasteiger partial charge is 0.380 e. The maximum absolute atomic E-state index is 11.9. The molecule has 116 valence electrons. The second kappa shape index (κ2) is 10.6. The van der Waals surface area contributed by atoms with E-state index >= 15 is 0 Å². The lowest BCUT2D eigenvalue weighted by Gasteiger charge is -2.22. The third kappa shape index (κ3) is 10.3. The Morgan fingerprint density at radius 1 is 1.16 bits per heavy atom. The van der Waals surface area contributed by atoms with E-state index in [4.69, 9.17) is 4.74 Å². The van der Waals surface area contributed by atoms with E-state index < -0.39 is 10.0 Å². The summed E-state index contributed by atoms with van der Waals surface area (Å²) in [6.07, 6.45) is 1.70. The molecular formula is C13H30N2O3S. The summed E-state index contributed by atoms with van der Waals surface area (Å²) in [5.74, 6) is 0.388. The molecule has 19 heavy (non-hydrogen) atoms. The summed E-state index contributed by atoms with van der Waals surface area (Å²) >= 11 is 0. The van der Waals surface area contributed by atoms with Gasteiger partial charge in [0.15, 0.2) is 0 Å². The van der Waals surface area contributed by atoms with Gasteiger partial charge in [-0.25, -0.2) is 13.1 Å². The summed E-state index contributed by atoms with van der Waals surface area (Å²) in [5, 5.41) is 3.20. The molecule has 0 rings (SSSR count). The number of nitrogens with one attached hydrogen (secondary N) is 2. The molecule has 0 saturated carbocycles. The van der Waals surface area contributed by atoms with Crippen LogP contribution in [0.5, 0.6) is 0 Å². The predicted octanol–water partition coefficient (Wildman–Crippen LogP) is 1.36. The van der Waals surface area contributed by atoms with Crippen molar-refractivity contribution >= 4 is 10.0 Å². The van der Waals surface area contributed by atoms with Crippen LogP contribution in [-0.2, 0) is 14.8 Å². The first-order valence-corrected chi connectivity index (χ1v) is 8.86. The molecule has 0 heterocycles. The summed E-state index contributed by atoms with van der Waals surface area (Å²) in [6, 6.07) is -0.145. The van der Waals surface area contributed by atoms with E-state index in [2.05, 4.69) is 17.0 Å². The van der Waals surface area contributed by atoms with Crippen molar-refractivity contribution in [1.29, 1.82) is 0 Å². The Morgan fingerprint density at radius 3 is 2.37 bits per heavy atom. The van der Waals surface area contributed by atoms with Gasteiger partial charge in [0, 0.05) is 12.6 Å². The Balaban J connectivity index is 4.08. The zero-order chi connectivity index (χ0) is 14.7. The molecule has 0 amide bonds. The molecule has 0 aliphatic heterocycles. The van der Waals surface area contributed by atoms with Gasteiger partial charge in [-0.05, 0) is 38.8 Å². The molecule has 0 spiro atoms. The van der Waals surface area contributed by atoms with Gasteiger partial charge in [0.05, 0.1) is 12.4 Å². The van der Waals surface area contributed by atoms with Crippen molar-refractivity contribution in [3.63, 3.8) is 0 Å². The second-order valence-corrected chi connectivity index (χ2v) is 6.92. The molecule has 0 aliphatic carbocycles. The van der Waals surface area contributed by atoms with E-state index in [9.17, 15) is 8.42 Å². The molecule has 0 saturated heterocycles. The first kappa shape index (κ1) is 18.8. The van der Waals surface area contributed by atoms with Crippen molar-refractivity contribution in [2.24, 2.45) is 5.92 Å². The Morgan fingerprint density at radius 2 is 1.84 bits per heavy atom. The average molecular weight is 294 g/mol. The smallest absolute Gasteiger partial charge is 0.211 e. The van der Waals surface area contributed by atoms with Crippen molar-refractivity contribution < 1.29 is 13.2 Å². The average Bonchev–Trinajstić information content (AvgIpc) is 2.33. The zero-order valence-electron chi connectivity index (χ0n) is 12.7. The lowest BCUT2D eigenvalue weighted by Crippen LogP contribution is -2.43. The van der Waals surface area contributed by atoms with Crippen LogP contribution in [0.1, 0.15) is 40.5 Å². The minimum atomic E-state index is -3.21. The molecule has 0 aromatic carbocycles. The van der Waals surface area contributed by atoms with Gasteiger partial charge in [0.25, 0.3) is 0 Å². The third-order valence-corrected chi connectivity index (χ3v) is 4.32. The van der Waals surface area contributed by atoms with E-state index in [1.165, 1.54) is 0 Å². The lowest BCUT2D eigenvalue weighted by molar-refractivity contribution is 0.116. The standard InChI is InChI=1S/C13H30N2O3S/c1-5-8-14-9-7-10-19(16,17)15-13(12(3)4)11-18-6-2/h12-15H,5-11H2,1-4H3. The van der Waals surface area contributed by atoms with Crippen molar-refractivity contribution in [2.75, 3.05) is 32.1 Å². The Hall–Kier alpha value is -0.170. The number of ether oxygens (including phenoxy) is 1. The molecule has 0 aliphatic rings. The molecule has 5 nitrogen and oxygen atoms in total. The summed E-state index contributed by atoms with van der Waals surface area (Å²) in [5.41, 5.74) is 0. The van der Waals surface area contributed by atoms with E-state index in [-0.39, 0.29) is 17.7 Å². The predicted molar refractivity (Wildman–Crippen MR) is 79.8 cm³/mol. The Labute approximate surface area is 118 Å². The highest BCUT2D eigenvalue weighted by atomic mass is 32.2. The fraction of sp³-hybridized carbons (Fsp3) is 1.00. The van der Waals surface area contributed by atoms with E-state index in [0.717, 1.165) is 19.5 Å². The molecule has 1 atom stereocenters. The van der Waals surface area contributed by atoms with Gasteiger partial charge in [-0.3, -0.25) is 0 Å². The van der Waals surface area contributed by atoms with Crippen LogP contribution in [0.2, 0.25) is 0 Å². The van der Waals surface area contributed by atoms with Gasteiger partial charge in [-0.1, -0.05) is 20.8 Å². The summed E-state index contributed by atoms with van der Waals surface area (Å²) in [4.78, 5) is 0. The van der Waals surface area contributed by atoms with Crippen LogP contribution < -0.4 is 10.0 Å². The first-order valence-electron chi connectivity index (χ1n) is 7.21. The van der Waals surface area contributed by atoms with E-state index in [1.54, 1.807) is 0 Å². The highest BCUT2D eigenvalue weighted by molar-refractivity contribution is 7.89. The van der Waals surface area contributed by atoms with Gasteiger partial charge >= 0.3 is 0 Å². The summed E-state index contributed by atoms with van der Waals surface area (Å²) in [7, 11) is -3.21. The quantitative estimate of drug-likeness (QED) is 0.533. The number of sulfonamides is 1. The maximum atomic E-state index is 11.9. The van der Waals surface area contributed by atoms with Crippen molar-refractivity contribution in [1.82, 2.24) is 10.0 Å². The van der Waals surface area contributed by atoms with Crippen molar-refractivity contribution in [3.05, 3.63) is 0 Å². The molecule has 1 unspecified atom stereocenters. The molecule has 6 heteroatoms. The minimum absolute atomic E-state index is 0.145. The third-order valence-electron chi connectivity index (χ3n) is 2.83. The van der Waals surface area contributed by atoms with Gasteiger partial charge in [-0.15, -0.1) is 0 Å². The fourth-order valence-corrected chi connectivity index (χ4v) is 3.03. The molecule has 0 fully saturated rings. The number of hydrogen-bond acceptors (Lipinski definition) is 4. The van der Waals surface area contributed by atoms with E-state index in [1.807, 2.05) is 20.8 Å². The highest BCUT2D eigenvalue weighted by Crippen LogP contribution is 2.05. The zero-order valence-corrected chi connectivity index (χ0v) is 13.6. The number of hydrogen-bond donors (Lipinski definition) is 2. The van der Waals surface area contributed by atoms with Crippen molar-refractivity contribution in [2.45, 2.75) is 46.6 Å². The second-order valence-electron chi connectivity index (χ2n) is 5.05. The van der Waals surface area contributed by atoms with Gasteiger partial charge in [0.2, 0.25) is 10.0 Å². The van der Waals surface area contributed by atoms with Crippen LogP contribution in [0.15, 0.2) is 0 Å². The molecule has 0 bridgehead atoms. The number of rotatable bonds is 12. The summed E-state index contributed by atoms with van der Waals surface area (Å²) in [6.45, 7) is 10.7. The topological polar surface area (TPSA) is 67.4 Å².